The third-order valence-electron chi connectivity index (χ3n) is 4.26. The third kappa shape index (κ3) is 3.07. The number of benzene rings is 2. The fraction of sp³-hybridized carbons (Fsp3) is 0.190. The highest BCUT2D eigenvalue weighted by Crippen LogP contribution is 2.30. The number of hydrogen-bond donors (Lipinski definition) is 0. The maximum Gasteiger partial charge on any atom is 0.168 e. The SMILES string of the molecule is CCc1ccc(-c2ccc(-c3ccc(CC)cn3)c(F)c2F)cc1. The number of halogens is 2. The Balaban J connectivity index is 2.01. The van der Waals surface area contributed by atoms with Gasteiger partial charge in [0.25, 0.3) is 0 Å². The highest BCUT2D eigenvalue weighted by molar-refractivity contribution is 5.70. The predicted molar refractivity (Wildman–Crippen MR) is 93.8 cm³/mol. The van der Waals surface area contributed by atoms with Crippen LogP contribution in [0, 0.1) is 11.6 Å². The van der Waals surface area contributed by atoms with E-state index in [9.17, 15) is 8.78 Å². The second kappa shape index (κ2) is 6.91. The van der Waals surface area contributed by atoms with Crippen LogP contribution < -0.4 is 0 Å². The molecule has 0 spiro atoms. The molecule has 0 fully saturated rings. The van der Waals surface area contributed by atoms with Crippen LogP contribution in [0.3, 0.4) is 0 Å². The van der Waals surface area contributed by atoms with Crippen LogP contribution in [0.5, 0.6) is 0 Å². The van der Waals surface area contributed by atoms with E-state index in [-0.39, 0.29) is 11.1 Å². The molecule has 0 radical (unpaired) electrons. The Morgan fingerprint density at radius 2 is 1.29 bits per heavy atom. The zero-order valence-electron chi connectivity index (χ0n) is 13.8. The molecule has 0 aliphatic carbocycles. The zero-order chi connectivity index (χ0) is 17.1. The molecule has 1 nitrogen and oxygen atoms in total. The van der Waals surface area contributed by atoms with Gasteiger partial charge < -0.3 is 0 Å². The van der Waals surface area contributed by atoms with Gasteiger partial charge in [-0.3, -0.25) is 4.98 Å². The summed E-state index contributed by atoms with van der Waals surface area (Å²) in [4.78, 5) is 4.24. The predicted octanol–water partition coefficient (Wildman–Crippen LogP) is 5.82. The van der Waals surface area contributed by atoms with Crippen molar-refractivity contribution in [1.82, 2.24) is 4.98 Å². The molecule has 3 heteroatoms. The summed E-state index contributed by atoms with van der Waals surface area (Å²) in [6.07, 6.45) is 3.47. The molecule has 2 aromatic carbocycles. The van der Waals surface area contributed by atoms with E-state index in [2.05, 4.69) is 11.9 Å². The van der Waals surface area contributed by atoms with Crippen LogP contribution in [0.4, 0.5) is 8.78 Å². The number of rotatable bonds is 4. The van der Waals surface area contributed by atoms with Gasteiger partial charge in [0.1, 0.15) is 0 Å². The molecule has 1 aromatic heterocycles. The van der Waals surface area contributed by atoms with Gasteiger partial charge in [-0.1, -0.05) is 50.2 Å². The molecule has 0 saturated carbocycles. The van der Waals surface area contributed by atoms with E-state index >= 15 is 0 Å². The van der Waals surface area contributed by atoms with E-state index in [0.29, 0.717) is 11.3 Å². The van der Waals surface area contributed by atoms with Crippen molar-refractivity contribution in [2.24, 2.45) is 0 Å². The van der Waals surface area contributed by atoms with E-state index < -0.39 is 11.6 Å². The number of aryl methyl sites for hydroxylation is 2. The first kappa shape index (κ1) is 16.3. The Labute approximate surface area is 141 Å². The molecule has 0 aliphatic heterocycles. The van der Waals surface area contributed by atoms with Crippen molar-refractivity contribution >= 4 is 0 Å². The molecule has 24 heavy (non-hydrogen) atoms. The van der Waals surface area contributed by atoms with Gasteiger partial charge in [-0.2, -0.15) is 0 Å². The Hall–Kier alpha value is -2.55. The summed E-state index contributed by atoms with van der Waals surface area (Å²) >= 11 is 0. The lowest BCUT2D eigenvalue weighted by atomic mass is 9.99. The first-order valence-corrected chi connectivity index (χ1v) is 8.16. The minimum Gasteiger partial charge on any atom is -0.256 e. The van der Waals surface area contributed by atoms with Crippen molar-refractivity contribution < 1.29 is 8.78 Å². The molecule has 0 unspecified atom stereocenters. The van der Waals surface area contributed by atoms with Gasteiger partial charge in [0.2, 0.25) is 0 Å². The zero-order valence-corrected chi connectivity index (χ0v) is 13.8. The minimum atomic E-state index is -0.858. The van der Waals surface area contributed by atoms with Gasteiger partial charge in [-0.25, -0.2) is 8.78 Å². The van der Waals surface area contributed by atoms with Gasteiger partial charge >= 0.3 is 0 Å². The van der Waals surface area contributed by atoms with E-state index in [1.165, 1.54) is 0 Å². The first-order chi connectivity index (χ1) is 11.6. The van der Waals surface area contributed by atoms with Crippen LogP contribution in [0.25, 0.3) is 22.4 Å². The Morgan fingerprint density at radius 1 is 0.708 bits per heavy atom. The van der Waals surface area contributed by atoms with Crippen molar-refractivity contribution in [2.45, 2.75) is 26.7 Å². The molecule has 122 valence electrons. The second-order valence-electron chi connectivity index (χ2n) is 5.74. The molecule has 0 amide bonds. The van der Waals surface area contributed by atoms with E-state index in [1.807, 2.05) is 37.3 Å². The lowest BCUT2D eigenvalue weighted by Crippen LogP contribution is -1.96. The van der Waals surface area contributed by atoms with Crippen molar-refractivity contribution in [3.63, 3.8) is 0 Å². The first-order valence-electron chi connectivity index (χ1n) is 8.16. The van der Waals surface area contributed by atoms with Gasteiger partial charge in [0.15, 0.2) is 11.6 Å². The topological polar surface area (TPSA) is 12.9 Å². The van der Waals surface area contributed by atoms with Crippen molar-refractivity contribution in [1.29, 1.82) is 0 Å². The van der Waals surface area contributed by atoms with Crippen molar-refractivity contribution in [3.05, 3.63) is 77.5 Å². The molecule has 0 aliphatic rings. The second-order valence-corrected chi connectivity index (χ2v) is 5.74. The molecular weight excluding hydrogens is 304 g/mol. The summed E-state index contributed by atoms with van der Waals surface area (Å²) in [7, 11) is 0. The van der Waals surface area contributed by atoms with Gasteiger partial charge in [0.05, 0.1) is 5.69 Å². The van der Waals surface area contributed by atoms with Gasteiger partial charge in [-0.05, 0) is 41.7 Å². The molecule has 0 saturated heterocycles. The largest absolute Gasteiger partial charge is 0.256 e. The van der Waals surface area contributed by atoms with E-state index in [4.69, 9.17) is 0 Å². The van der Waals surface area contributed by atoms with Crippen LogP contribution in [0.2, 0.25) is 0 Å². The molecule has 3 aromatic rings. The number of aromatic nitrogens is 1. The molecule has 0 bridgehead atoms. The lowest BCUT2D eigenvalue weighted by molar-refractivity contribution is 0.513. The number of hydrogen-bond acceptors (Lipinski definition) is 1. The summed E-state index contributed by atoms with van der Waals surface area (Å²) in [6, 6.07) is 14.3. The molecule has 0 N–H and O–H groups in total. The minimum absolute atomic E-state index is 0.184. The monoisotopic (exact) mass is 323 g/mol. The average Bonchev–Trinajstić information content (AvgIpc) is 2.64. The third-order valence-corrected chi connectivity index (χ3v) is 4.26. The molecular formula is C21H19F2N. The molecule has 1 heterocycles. The van der Waals surface area contributed by atoms with E-state index in [1.54, 1.807) is 24.4 Å². The highest BCUT2D eigenvalue weighted by atomic mass is 19.2. The van der Waals surface area contributed by atoms with E-state index in [0.717, 1.165) is 24.0 Å². The summed E-state index contributed by atoms with van der Waals surface area (Å²) in [5.74, 6) is -1.69. The smallest absolute Gasteiger partial charge is 0.168 e. The highest BCUT2D eigenvalue weighted by Gasteiger charge is 2.16. The van der Waals surface area contributed by atoms with Crippen LogP contribution in [0.15, 0.2) is 54.7 Å². The Morgan fingerprint density at radius 3 is 1.88 bits per heavy atom. The fourth-order valence-corrected chi connectivity index (χ4v) is 2.68. The Bertz CT molecular complexity index is 764. The summed E-state index contributed by atoms with van der Waals surface area (Å²) < 4.78 is 29.1. The van der Waals surface area contributed by atoms with Crippen LogP contribution in [-0.4, -0.2) is 4.98 Å². The molecule has 3 rings (SSSR count). The van der Waals surface area contributed by atoms with Crippen LogP contribution >= 0.6 is 0 Å². The van der Waals surface area contributed by atoms with Crippen molar-refractivity contribution in [2.75, 3.05) is 0 Å². The van der Waals surface area contributed by atoms with Crippen LogP contribution in [-0.2, 0) is 12.8 Å². The fourth-order valence-electron chi connectivity index (χ4n) is 2.68. The number of pyridine rings is 1. The average molecular weight is 323 g/mol. The maximum absolute atomic E-state index is 14.6. The molecule has 0 atom stereocenters. The maximum atomic E-state index is 14.6. The van der Waals surface area contributed by atoms with Gasteiger partial charge in [-0.15, -0.1) is 0 Å². The standard InChI is InChI=1S/C21H19F2N/c1-3-14-5-8-16(9-6-14)17-10-11-18(21(23)20(17)22)19-12-7-15(4-2)13-24-19/h5-13H,3-4H2,1-2H3. The quantitative estimate of drug-likeness (QED) is 0.589. The normalized spacial score (nSPS) is 10.8. The number of nitrogens with zero attached hydrogens (tertiary/aromatic N) is 1. The summed E-state index contributed by atoms with van der Waals surface area (Å²) in [5, 5.41) is 0. The van der Waals surface area contributed by atoms with Crippen molar-refractivity contribution in [3.8, 4) is 22.4 Å². The summed E-state index contributed by atoms with van der Waals surface area (Å²) in [6.45, 7) is 4.08. The Kier molecular flexibility index (Phi) is 4.70. The lowest BCUT2D eigenvalue weighted by Gasteiger charge is -2.09. The van der Waals surface area contributed by atoms with Crippen LogP contribution in [0.1, 0.15) is 25.0 Å². The summed E-state index contributed by atoms with van der Waals surface area (Å²) in [5.41, 5.74) is 3.79. The van der Waals surface area contributed by atoms with Gasteiger partial charge in [0, 0.05) is 17.3 Å².